The van der Waals surface area contributed by atoms with Gasteiger partial charge in [-0.2, -0.15) is 0 Å². The number of hydrogen-bond acceptors (Lipinski definition) is 2. The van der Waals surface area contributed by atoms with Crippen LogP contribution in [0, 0.1) is 0 Å². The van der Waals surface area contributed by atoms with Crippen molar-refractivity contribution in [1.82, 2.24) is 5.32 Å². The predicted octanol–water partition coefficient (Wildman–Crippen LogP) is 4.30. The summed E-state index contributed by atoms with van der Waals surface area (Å²) >= 11 is 0. The maximum absolute atomic E-state index is 5.93. The molecule has 102 valence electrons. The van der Waals surface area contributed by atoms with Crippen molar-refractivity contribution >= 4 is 0 Å². The maximum atomic E-state index is 5.93. The van der Waals surface area contributed by atoms with Gasteiger partial charge in [-0.3, -0.25) is 0 Å². The van der Waals surface area contributed by atoms with Crippen LogP contribution < -0.4 is 5.32 Å². The van der Waals surface area contributed by atoms with Gasteiger partial charge in [0.25, 0.3) is 0 Å². The molecule has 0 saturated heterocycles. The third-order valence-electron chi connectivity index (χ3n) is 3.72. The van der Waals surface area contributed by atoms with Crippen molar-refractivity contribution in [2.24, 2.45) is 0 Å². The molecule has 2 atom stereocenters. The minimum atomic E-state index is 0.229. The lowest BCUT2D eigenvalue weighted by atomic mass is 9.88. The van der Waals surface area contributed by atoms with Gasteiger partial charge in [-0.25, -0.2) is 0 Å². The van der Waals surface area contributed by atoms with E-state index < -0.39 is 0 Å². The molecule has 1 aromatic heterocycles. The Kier molecular flexibility index (Phi) is 4.80. The molecule has 2 heteroatoms. The molecule has 2 rings (SSSR count). The first-order valence-electron chi connectivity index (χ1n) is 7.10. The van der Waals surface area contributed by atoms with Crippen molar-refractivity contribution < 1.29 is 4.42 Å². The number of nitrogens with one attached hydrogen (secondary N) is 1. The van der Waals surface area contributed by atoms with Crippen LogP contribution in [0.1, 0.15) is 49.3 Å². The van der Waals surface area contributed by atoms with E-state index in [2.05, 4.69) is 61.6 Å². The number of furan rings is 1. The first-order valence-corrected chi connectivity index (χ1v) is 7.10. The van der Waals surface area contributed by atoms with Crippen molar-refractivity contribution in [3.05, 3.63) is 59.5 Å². The third kappa shape index (κ3) is 3.07. The van der Waals surface area contributed by atoms with Crippen LogP contribution in [0.25, 0.3) is 0 Å². The van der Waals surface area contributed by atoms with Crippen LogP contribution in [-0.2, 0) is 6.42 Å². The summed E-state index contributed by atoms with van der Waals surface area (Å²) in [6.07, 6.45) is 2.02. The Balaban J connectivity index is 2.28. The molecule has 1 aromatic carbocycles. The molecule has 1 heterocycles. The summed E-state index contributed by atoms with van der Waals surface area (Å²) in [5, 5.41) is 3.41. The summed E-state index contributed by atoms with van der Waals surface area (Å²) in [5.74, 6) is 2.52. The van der Waals surface area contributed by atoms with Gasteiger partial charge >= 0.3 is 0 Å². The number of hydrogen-bond donors (Lipinski definition) is 1. The predicted molar refractivity (Wildman–Crippen MR) is 79.4 cm³/mol. The number of rotatable bonds is 6. The summed E-state index contributed by atoms with van der Waals surface area (Å²) in [5.41, 5.74) is 1.36. The molecule has 0 spiro atoms. The summed E-state index contributed by atoms with van der Waals surface area (Å²) in [6.45, 7) is 4.34. The standard InChI is InChI=1S/C17H23NO/c1-4-14-11-12-16(19-14)17(18-3)15(5-2)13-9-7-6-8-10-13/h6-12,15,17-18H,4-5H2,1-3H3. The molecule has 0 amide bonds. The monoisotopic (exact) mass is 257 g/mol. The highest BCUT2D eigenvalue weighted by Gasteiger charge is 2.24. The van der Waals surface area contributed by atoms with Crippen LogP contribution in [0.4, 0.5) is 0 Å². The Morgan fingerprint density at radius 1 is 1.05 bits per heavy atom. The second kappa shape index (κ2) is 6.58. The molecular formula is C17H23NO. The number of aryl methyl sites for hydroxylation is 1. The van der Waals surface area contributed by atoms with E-state index in [-0.39, 0.29) is 6.04 Å². The summed E-state index contributed by atoms with van der Waals surface area (Å²) in [6, 6.07) is 15.1. The van der Waals surface area contributed by atoms with Crippen molar-refractivity contribution in [2.45, 2.75) is 38.6 Å². The van der Waals surface area contributed by atoms with E-state index in [0.717, 1.165) is 24.4 Å². The lowest BCUT2D eigenvalue weighted by Crippen LogP contribution is -2.23. The Hall–Kier alpha value is -1.54. The van der Waals surface area contributed by atoms with Gasteiger partial charge in [0.2, 0.25) is 0 Å². The van der Waals surface area contributed by atoms with Gasteiger partial charge in [0.1, 0.15) is 11.5 Å². The minimum absolute atomic E-state index is 0.229. The molecule has 1 N–H and O–H groups in total. The van der Waals surface area contributed by atoms with Gasteiger partial charge in [0.05, 0.1) is 6.04 Å². The Morgan fingerprint density at radius 3 is 2.32 bits per heavy atom. The van der Waals surface area contributed by atoms with E-state index in [9.17, 15) is 0 Å². The van der Waals surface area contributed by atoms with Crippen LogP contribution in [0.3, 0.4) is 0 Å². The fraction of sp³-hybridized carbons (Fsp3) is 0.412. The van der Waals surface area contributed by atoms with E-state index >= 15 is 0 Å². The molecule has 2 aromatic rings. The van der Waals surface area contributed by atoms with Crippen molar-refractivity contribution in [1.29, 1.82) is 0 Å². The van der Waals surface area contributed by atoms with Gasteiger partial charge in [-0.1, -0.05) is 44.2 Å². The van der Waals surface area contributed by atoms with Gasteiger partial charge in [-0.15, -0.1) is 0 Å². The second-order valence-corrected chi connectivity index (χ2v) is 4.85. The molecular weight excluding hydrogens is 234 g/mol. The minimum Gasteiger partial charge on any atom is -0.464 e. The van der Waals surface area contributed by atoms with Crippen LogP contribution >= 0.6 is 0 Å². The smallest absolute Gasteiger partial charge is 0.121 e. The Bertz CT molecular complexity index is 489. The SMILES string of the molecule is CCc1ccc(C(NC)C(CC)c2ccccc2)o1. The fourth-order valence-electron chi connectivity index (χ4n) is 2.66. The summed E-state index contributed by atoms with van der Waals surface area (Å²) in [7, 11) is 2.00. The van der Waals surface area contributed by atoms with E-state index in [0.29, 0.717) is 5.92 Å². The zero-order valence-electron chi connectivity index (χ0n) is 12.0. The topological polar surface area (TPSA) is 25.2 Å². The van der Waals surface area contributed by atoms with Gasteiger partial charge in [-0.05, 0) is 31.2 Å². The number of benzene rings is 1. The molecule has 19 heavy (non-hydrogen) atoms. The molecule has 2 nitrogen and oxygen atoms in total. The van der Waals surface area contributed by atoms with E-state index in [1.807, 2.05) is 7.05 Å². The van der Waals surface area contributed by atoms with Gasteiger partial charge in [0, 0.05) is 12.3 Å². The second-order valence-electron chi connectivity index (χ2n) is 4.85. The molecule has 0 aliphatic carbocycles. The summed E-state index contributed by atoms with van der Waals surface area (Å²) < 4.78 is 5.93. The fourth-order valence-corrected chi connectivity index (χ4v) is 2.66. The van der Waals surface area contributed by atoms with Crippen LogP contribution in [0.5, 0.6) is 0 Å². The lowest BCUT2D eigenvalue weighted by Gasteiger charge is -2.24. The van der Waals surface area contributed by atoms with E-state index in [1.165, 1.54) is 5.56 Å². The van der Waals surface area contributed by atoms with Crippen molar-refractivity contribution in [3.8, 4) is 0 Å². The maximum Gasteiger partial charge on any atom is 0.121 e. The molecule has 2 unspecified atom stereocenters. The van der Waals surface area contributed by atoms with Crippen molar-refractivity contribution in [2.75, 3.05) is 7.05 Å². The molecule has 0 fully saturated rings. The van der Waals surface area contributed by atoms with Crippen molar-refractivity contribution in [3.63, 3.8) is 0 Å². The molecule has 0 aliphatic rings. The van der Waals surface area contributed by atoms with Crippen LogP contribution in [0.15, 0.2) is 46.9 Å². The lowest BCUT2D eigenvalue weighted by molar-refractivity contribution is 0.364. The largest absolute Gasteiger partial charge is 0.464 e. The highest BCUT2D eigenvalue weighted by molar-refractivity contribution is 5.24. The zero-order chi connectivity index (χ0) is 13.7. The molecule has 0 aliphatic heterocycles. The van der Waals surface area contributed by atoms with Crippen LogP contribution in [0.2, 0.25) is 0 Å². The zero-order valence-corrected chi connectivity index (χ0v) is 12.0. The summed E-state index contributed by atoms with van der Waals surface area (Å²) in [4.78, 5) is 0. The quantitative estimate of drug-likeness (QED) is 0.834. The first kappa shape index (κ1) is 13.9. The molecule has 0 radical (unpaired) electrons. The van der Waals surface area contributed by atoms with E-state index in [1.54, 1.807) is 0 Å². The average molecular weight is 257 g/mol. The molecule has 0 saturated carbocycles. The number of likely N-dealkylation sites (N-methyl/N-ethyl adjacent to an activating group) is 1. The Morgan fingerprint density at radius 2 is 1.79 bits per heavy atom. The van der Waals surface area contributed by atoms with Gasteiger partial charge in [0.15, 0.2) is 0 Å². The highest BCUT2D eigenvalue weighted by Crippen LogP contribution is 2.34. The van der Waals surface area contributed by atoms with Gasteiger partial charge < -0.3 is 9.73 Å². The molecule has 0 bridgehead atoms. The van der Waals surface area contributed by atoms with Crippen LogP contribution in [-0.4, -0.2) is 7.05 Å². The normalized spacial score (nSPS) is 14.3. The highest BCUT2D eigenvalue weighted by atomic mass is 16.3. The average Bonchev–Trinajstić information content (AvgIpc) is 2.94. The van der Waals surface area contributed by atoms with E-state index in [4.69, 9.17) is 4.42 Å². The third-order valence-corrected chi connectivity index (χ3v) is 3.72. The Labute approximate surface area is 115 Å². The first-order chi connectivity index (χ1) is 9.30.